The van der Waals surface area contributed by atoms with E-state index >= 15 is 0 Å². The van der Waals surface area contributed by atoms with Crippen LogP contribution in [0.1, 0.15) is 36.2 Å². The minimum absolute atomic E-state index is 0.0188. The first-order valence-corrected chi connectivity index (χ1v) is 8.37. The van der Waals surface area contributed by atoms with Crippen molar-refractivity contribution < 1.29 is 9.00 Å². The number of hydrogen-bond acceptors (Lipinski definition) is 3. The maximum Gasteiger partial charge on any atom is 0.184 e. The van der Waals surface area contributed by atoms with E-state index in [0.29, 0.717) is 5.69 Å². The lowest BCUT2D eigenvalue weighted by atomic mass is 9.93. The lowest BCUT2D eigenvalue weighted by Gasteiger charge is -2.25. The molecule has 4 heterocycles. The third kappa shape index (κ3) is 1.76. The van der Waals surface area contributed by atoms with Crippen LogP contribution < -0.4 is 0 Å². The van der Waals surface area contributed by atoms with Gasteiger partial charge in [0.15, 0.2) is 5.78 Å². The Kier molecular flexibility index (Phi) is 2.77. The molecule has 2 fully saturated rings. The van der Waals surface area contributed by atoms with Crippen LogP contribution in [0.15, 0.2) is 30.6 Å². The summed E-state index contributed by atoms with van der Waals surface area (Å²) in [4.78, 5) is 17.0. The van der Waals surface area contributed by atoms with E-state index in [1.807, 2.05) is 28.8 Å². The van der Waals surface area contributed by atoms with Crippen molar-refractivity contribution in [1.29, 1.82) is 0 Å². The standard InChI is InChI=1S/C15H16N2O2S/c18-15(10-7-11-4-5-12(8-10)20(11)19)13-9-16-14-3-1-2-6-17(13)14/h1-3,6,9-12H,4-5,7-8H2. The zero-order valence-electron chi connectivity index (χ0n) is 11.1. The molecule has 0 radical (unpaired) electrons. The van der Waals surface area contributed by atoms with E-state index in [1.165, 1.54) is 0 Å². The summed E-state index contributed by atoms with van der Waals surface area (Å²) in [7, 11) is -0.704. The summed E-state index contributed by atoms with van der Waals surface area (Å²) < 4.78 is 13.9. The van der Waals surface area contributed by atoms with Gasteiger partial charge in [-0.1, -0.05) is 6.07 Å². The Bertz CT molecular complexity index is 693. The predicted molar refractivity (Wildman–Crippen MR) is 77.2 cm³/mol. The minimum atomic E-state index is -0.704. The van der Waals surface area contributed by atoms with Crippen LogP contribution in [0.4, 0.5) is 0 Å². The van der Waals surface area contributed by atoms with Crippen LogP contribution in [0.2, 0.25) is 0 Å². The summed E-state index contributed by atoms with van der Waals surface area (Å²) in [6.45, 7) is 0. The number of aromatic nitrogens is 2. The molecule has 0 amide bonds. The summed E-state index contributed by atoms with van der Waals surface area (Å²) >= 11 is 0. The number of nitrogens with zero attached hydrogens (tertiary/aromatic N) is 2. The van der Waals surface area contributed by atoms with Gasteiger partial charge in [0, 0.05) is 33.4 Å². The van der Waals surface area contributed by atoms with Crippen molar-refractivity contribution >= 4 is 22.2 Å². The summed E-state index contributed by atoms with van der Waals surface area (Å²) in [6.07, 6.45) is 7.16. The monoisotopic (exact) mass is 288 g/mol. The first-order chi connectivity index (χ1) is 9.74. The Labute approximate surface area is 119 Å². The van der Waals surface area contributed by atoms with Gasteiger partial charge in [0.1, 0.15) is 11.3 Å². The van der Waals surface area contributed by atoms with Crippen LogP contribution in [0, 0.1) is 5.92 Å². The molecule has 5 heteroatoms. The molecule has 2 aliphatic rings. The van der Waals surface area contributed by atoms with E-state index in [4.69, 9.17) is 0 Å². The van der Waals surface area contributed by atoms with Crippen LogP contribution in [-0.4, -0.2) is 29.9 Å². The third-order valence-electron chi connectivity index (χ3n) is 4.60. The normalized spacial score (nSPS) is 32.6. The van der Waals surface area contributed by atoms with Gasteiger partial charge in [0.2, 0.25) is 0 Å². The number of ketones is 1. The average Bonchev–Trinajstić information content (AvgIpc) is 2.95. The SMILES string of the molecule is O=C(c1cnc2ccccn12)C1CC2CCC(C1)S2=O. The first kappa shape index (κ1) is 12.3. The topological polar surface area (TPSA) is 51.4 Å². The fraction of sp³-hybridized carbons (Fsp3) is 0.467. The molecule has 0 N–H and O–H groups in total. The Hall–Kier alpha value is -1.49. The molecule has 2 aromatic heterocycles. The molecule has 20 heavy (non-hydrogen) atoms. The van der Waals surface area contributed by atoms with Gasteiger partial charge in [-0.3, -0.25) is 13.4 Å². The lowest BCUT2D eigenvalue weighted by molar-refractivity contribution is 0.0900. The smallest absolute Gasteiger partial charge is 0.184 e. The van der Waals surface area contributed by atoms with E-state index in [1.54, 1.807) is 6.20 Å². The molecule has 104 valence electrons. The van der Waals surface area contributed by atoms with E-state index < -0.39 is 10.8 Å². The molecule has 2 saturated heterocycles. The number of Topliss-reactive ketones (excluding diaryl/α,β-unsaturated/α-hetero) is 1. The summed E-state index contributed by atoms with van der Waals surface area (Å²) in [5, 5.41) is 0.476. The number of fused-ring (bicyclic) bond motifs is 3. The van der Waals surface area contributed by atoms with E-state index in [9.17, 15) is 9.00 Å². The highest BCUT2D eigenvalue weighted by Gasteiger charge is 2.43. The predicted octanol–water partition coefficient (Wildman–Crippen LogP) is 2.21. The van der Waals surface area contributed by atoms with E-state index in [-0.39, 0.29) is 22.2 Å². The largest absolute Gasteiger partial charge is 0.297 e. The highest BCUT2D eigenvalue weighted by Crippen LogP contribution is 2.39. The minimum Gasteiger partial charge on any atom is -0.297 e. The molecule has 2 bridgehead atoms. The van der Waals surface area contributed by atoms with Crippen LogP contribution in [0.3, 0.4) is 0 Å². The van der Waals surface area contributed by atoms with Gasteiger partial charge in [-0.25, -0.2) is 4.98 Å². The molecule has 0 saturated carbocycles. The van der Waals surface area contributed by atoms with Gasteiger partial charge in [-0.05, 0) is 37.8 Å². The van der Waals surface area contributed by atoms with Crippen molar-refractivity contribution in [2.45, 2.75) is 36.2 Å². The summed E-state index contributed by atoms with van der Waals surface area (Å²) in [5.74, 6) is 0.183. The highest BCUT2D eigenvalue weighted by atomic mass is 32.2. The van der Waals surface area contributed by atoms with Gasteiger partial charge < -0.3 is 0 Å². The number of hydrogen-bond donors (Lipinski definition) is 0. The second-order valence-corrected chi connectivity index (χ2v) is 7.75. The lowest BCUT2D eigenvalue weighted by Crippen LogP contribution is -2.32. The van der Waals surface area contributed by atoms with E-state index in [0.717, 1.165) is 31.3 Å². The molecule has 0 aromatic carbocycles. The van der Waals surface area contributed by atoms with Crippen molar-refractivity contribution in [3.63, 3.8) is 0 Å². The quantitative estimate of drug-likeness (QED) is 0.796. The zero-order chi connectivity index (χ0) is 13.7. The average molecular weight is 288 g/mol. The number of imidazole rings is 1. The van der Waals surface area contributed by atoms with Gasteiger partial charge in [0.25, 0.3) is 0 Å². The fourth-order valence-corrected chi connectivity index (χ4v) is 5.70. The van der Waals surface area contributed by atoms with Crippen molar-refractivity contribution in [2.24, 2.45) is 5.92 Å². The first-order valence-electron chi connectivity index (χ1n) is 7.09. The van der Waals surface area contributed by atoms with Gasteiger partial charge in [0.05, 0.1) is 6.20 Å². The molecular formula is C15H16N2O2S. The Balaban J connectivity index is 1.66. The van der Waals surface area contributed by atoms with Gasteiger partial charge in [-0.15, -0.1) is 0 Å². The number of pyridine rings is 1. The summed E-state index contributed by atoms with van der Waals surface area (Å²) in [5.41, 5.74) is 1.47. The molecule has 2 aliphatic heterocycles. The Morgan fingerprint density at radius 3 is 2.75 bits per heavy atom. The maximum atomic E-state index is 12.7. The Morgan fingerprint density at radius 1 is 1.25 bits per heavy atom. The second kappa shape index (κ2) is 4.52. The molecule has 2 atom stereocenters. The highest BCUT2D eigenvalue weighted by molar-refractivity contribution is 7.86. The molecule has 4 rings (SSSR count). The molecule has 0 aliphatic carbocycles. The van der Waals surface area contributed by atoms with Crippen molar-refractivity contribution in [1.82, 2.24) is 9.38 Å². The van der Waals surface area contributed by atoms with Gasteiger partial charge in [-0.2, -0.15) is 0 Å². The summed E-state index contributed by atoms with van der Waals surface area (Å²) in [6, 6.07) is 5.72. The third-order valence-corrected chi connectivity index (χ3v) is 6.77. The van der Waals surface area contributed by atoms with Crippen LogP contribution in [0.25, 0.3) is 5.65 Å². The zero-order valence-corrected chi connectivity index (χ0v) is 11.9. The second-order valence-electron chi connectivity index (χ2n) is 5.75. The number of carbonyl (C=O) groups excluding carboxylic acids is 1. The van der Waals surface area contributed by atoms with Gasteiger partial charge >= 0.3 is 0 Å². The molecule has 0 spiro atoms. The molecule has 2 unspecified atom stereocenters. The van der Waals surface area contributed by atoms with E-state index in [2.05, 4.69) is 4.98 Å². The number of carbonyl (C=O) groups is 1. The Morgan fingerprint density at radius 2 is 2.00 bits per heavy atom. The van der Waals surface area contributed by atoms with Crippen LogP contribution >= 0.6 is 0 Å². The van der Waals surface area contributed by atoms with Crippen LogP contribution in [-0.2, 0) is 10.8 Å². The van der Waals surface area contributed by atoms with Crippen molar-refractivity contribution in [3.05, 3.63) is 36.3 Å². The number of rotatable bonds is 2. The van der Waals surface area contributed by atoms with Crippen molar-refractivity contribution in [2.75, 3.05) is 0 Å². The molecular weight excluding hydrogens is 272 g/mol. The fourth-order valence-electron chi connectivity index (χ4n) is 3.57. The maximum absolute atomic E-state index is 12.7. The van der Waals surface area contributed by atoms with Crippen LogP contribution in [0.5, 0.6) is 0 Å². The molecule has 4 nitrogen and oxygen atoms in total. The molecule has 2 aromatic rings. The van der Waals surface area contributed by atoms with Crippen molar-refractivity contribution in [3.8, 4) is 0 Å².